The topological polar surface area (TPSA) is 70.7 Å². The van der Waals surface area contributed by atoms with E-state index in [2.05, 4.69) is 20.3 Å². The Labute approximate surface area is 120 Å². The molecule has 102 valence electrons. The Kier molecular flexibility index (Phi) is 3.23. The number of nitrogens with one attached hydrogen (secondary N) is 2. The number of carbonyl (C=O) groups is 1. The number of aryl methyl sites for hydroxylation is 1. The summed E-state index contributed by atoms with van der Waals surface area (Å²) in [6, 6.07) is 7.59. The van der Waals surface area contributed by atoms with Crippen molar-refractivity contribution < 1.29 is 4.79 Å². The molecule has 20 heavy (non-hydrogen) atoms. The Morgan fingerprint density at radius 2 is 2.15 bits per heavy atom. The van der Waals surface area contributed by atoms with Gasteiger partial charge in [0, 0.05) is 5.38 Å². The normalized spacial score (nSPS) is 12.5. The van der Waals surface area contributed by atoms with Crippen LogP contribution in [0, 0.1) is 6.92 Å². The van der Waals surface area contributed by atoms with Crippen LogP contribution in [0.15, 0.2) is 29.6 Å². The molecule has 6 heteroatoms. The molecule has 1 atom stereocenters. The molecule has 1 unspecified atom stereocenters. The Bertz CT molecular complexity index is 728. The average molecular weight is 286 g/mol. The monoisotopic (exact) mass is 286 g/mol. The van der Waals surface area contributed by atoms with Crippen LogP contribution in [-0.4, -0.2) is 20.9 Å². The molecular weight excluding hydrogens is 272 g/mol. The molecule has 0 fully saturated rings. The molecule has 0 radical (unpaired) electrons. The van der Waals surface area contributed by atoms with Crippen molar-refractivity contribution in [3.63, 3.8) is 0 Å². The lowest BCUT2D eigenvalue weighted by atomic mass is 10.3. The third-order valence-electron chi connectivity index (χ3n) is 3.02. The molecular formula is C14H14N4OS. The van der Waals surface area contributed by atoms with Crippen molar-refractivity contribution >= 4 is 28.3 Å². The Balaban J connectivity index is 1.78. The molecule has 0 bridgehead atoms. The van der Waals surface area contributed by atoms with Crippen molar-refractivity contribution in [1.82, 2.24) is 20.3 Å². The highest BCUT2D eigenvalue weighted by Crippen LogP contribution is 2.16. The molecule has 0 aliphatic rings. The fourth-order valence-electron chi connectivity index (χ4n) is 1.98. The molecule has 1 aromatic carbocycles. The third-order valence-corrected chi connectivity index (χ3v) is 3.79. The van der Waals surface area contributed by atoms with Gasteiger partial charge in [-0.3, -0.25) is 4.79 Å². The number of amides is 1. The van der Waals surface area contributed by atoms with Gasteiger partial charge in [0.25, 0.3) is 5.91 Å². The first kappa shape index (κ1) is 12.8. The van der Waals surface area contributed by atoms with Gasteiger partial charge in [0.05, 0.1) is 22.1 Å². The van der Waals surface area contributed by atoms with E-state index in [0.29, 0.717) is 5.69 Å². The summed E-state index contributed by atoms with van der Waals surface area (Å²) in [5.74, 6) is 0.564. The highest BCUT2D eigenvalue weighted by atomic mass is 32.1. The number of H-pyrrole nitrogens is 1. The first-order chi connectivity index (χ1) is 9.63. The number of nitrogens with zero attached hydrogens (tertiary/aromatic N) is 2. The van der Waals surface area contributed by atoms with Crippen LogP contribution in [0.5, 0.6) is 0 Å². The van der Waals surface area contributed by atoms with E-state index in [9.17, 15) is 4.79 Å². The minimum absolute atomic E-state index is 0.178. The third kappa shape index (κ3) is 2.42. The number of thiazole rings is 1. The molecule has 2 heterocycles. The number of aromatic nitrogens is 3. The van der Waals surface area contributed by atoms with Crippen LogP contribution in [0.3, 0.4) is 0 Å². The largest absolute Gasteiger partial charge is 0.341 e. The summed E-state index contributed by atoms with van der Waals surface area (Å²) in [5, 5.41) is 5.54. The number of rotatable bonds is 3. The number of fused-ring (bicyclic) bond motifs is 1. The zero-order valence-corrected chi connectivity index (χ0v) is 12.0. The number of aromatic amines is 1. The molecule has 0 saturated heterocycles. The minimum atomic E-state index is -0.197. The average Bonchev–Trinajstić information content (AvgIpc) is 3.04. The summed E-state index contributed by atoms with van der Waals surface area (Å²) in [6.45, 7) is 3.78. The predicted molar refractivity (Wildman–Crippen MR) is 78.8 cm³/mol. The number of para-hydroxylation sites is 2. The quantitative estimate of drug-likeness (QED) is 0.777. The van der Waals surface area contributed by atoms with Crippen LogP contribution in [0.25, 0.3) is 11.0 Å². The zero-order chi connectivity index (χ0) is 14.1. The van der Waals surface area contributed by atoms with Crippen LogP contribution < -0.4 is 5.32 Å². The van der Waals surface area contributed by atoms with Crippen LogP contribution in [0.2, 0.25) is 0 Å². The minimum Gasteiger partial charge on any atom is -0.341 e. The number of hydrogen-bond acceptors (Lipinski definition) is 4. The summed E-state index contributed by atoms with van der Waals surface area (Å²) in [5.41, 5.74) is 2.32. The van der Waals surface area contributed by atoms with Gasteiger partial charge >= 0.3 is 0 Å². The van der Waals surface area contributed by atoms with Gasteiger partial charge in [-0.2, -0.15) is 0 Å². The molecule has 5 nitrogen and oxygen atoms in total. The van der Waals surface area contributed by atoms with Crippen molar-refractivity contribution in [2.75, 3.05) is 0 Å². The maximum Gasteiger partial charge on any atom is 0.271 e. The van der Waals surface area contributed by atoms with Gasteiger partial charge in [0.15, 0.2) is 0 Å². The first-order valence-electron chi connectivity index (χ1n) is 6.31. The van der Waals surface area contributed by atoms with Gasteiger partial charge in [0.2, 0.25) is 0 Å². The maximum absolute atomic E-state index is 12.0. The van der Waals surface area contributed by atoms with Gasteiger partial charge in [0.1, 0.15) is 11.5 Å². The summed E-state index contributed by atoms with van der Waals surface area (Å²) in [6.07, 6.45) is 0. The second kappa shape index (κ2) is 5.05. The molecule has 3 aromatic rings. The van der Waals surface area contributed by atoms with E-state index in [0.717, 1.165) is 21.9 Å². The van der Waals surface area contributed by atoms with Gasteiger partial charge < -0.3 is 10.3 Å². The van der Waals surface area contributed by atoms with Gasteiger partial charge in [-0.05, 0) is 26.0 Å². The lowest BCUT2D eigenvalue weighted by molar-refractivity contribution is 0.0934. The lowest BCUT2D eigenvalue weighted by Crippen LogP contribution is -2.27. The second-order valence-corrected chi connectivity index (χ2v) is 5.65. The Morgan fingerprint density at radius 3 is 2.85 bits per heavy atom. The van der Waals surface area contributed by atoms with Crippen molar-refractivity contribution in [2.45, 2.75) is 19.9 Å². The SMILES string of the molecule is Cc1nc(C(=O)NC(C)c2nc3ccccc3[nH]2)cs1. The van der Waals surface area contributed by atoms with E-state index in [4.69, 9.17) is 0 Å². The van der Waals surface area contributed by atoms with E-state index in [1.54, 1.807) is 5.38 Å². The van der Waals surface area contributed by atoms with Gasteiger partial charge in [-0.15, -0.1) is 11.3 Å². The second-order valence-electron chi connectivity index (χ2n) is 4.59. The van der Waals surface area contributed by atoms with Crippen LogP contribution in [0.1, 0.15) is 34.3 Å². The van der Waals surface area contributed by atoms with Crippen molar-refractivity contribution in [3.05, 3.63) is 46.2 Å². The van der Waals surface area contributed by atoms with E-state index < -0.39 is 0 Å². The summed E-state index contributed by atoms with van der Waals surface area (Å²) < 4.78 is 0. The van der Waals surface area contributed by atoms with Crippen molar-refractivity contribution in [3.8, 4) is 0 Å². The molecule has 0 saturated carbocycles. The van der Waals surface area contributed by atoms with Crippen LogP contribution in [-0.2, 0) is 0 Å². The Morgan fingerprint density at radius 1 is 1.35 bits per heavy atom. The number of hydrogen-bond donors (Lipinski definition) is 2. The number of imidazole rings is 1. The maximum atomic E-state index is 12.0. The fourth-order valence-corrected chi connectivity index (χ4v) is 2.58. The van der Waals surface area contributed by atoms with E-state index in [1.807, 2.05) is 38.1 Å². The van der Waals surface area contributed by atoms with Crippen molar-refractivity contribution in [1.29, 1.82) is 0 Å². The van der Waals surface area contributed by atoms with E-state index in [-0.39, 0.29) is 11.9 Å². The molecule has 2 aromatic heterocycles. The summed E-state index contributed by atoms with van der Waals surface area (Å²) in [4.78, 5) is 23.9. The highest BCUT2D eigenvalue weighted by molar-refractivity contribution is 7.09. The van der Waals surface area contributed by atoms with Crippen molar-refractivity contribution in [2.24, 2.45) is 0 Å². The Hall–Kier alpha value is -2.21. The molecule has 1 amide bonds. The van der Waals surface area contributed by atoms with Crippen LogP contribution >= 0.6 is 11.3 Å². The number of benzene rings is 1. The fraction of sp³-hybridized carbons (Fsp3) is 0.214. The van der Waals surface area contributed by atoms with E-state index >= 15 is 0 Å². The molecule has 0 aliphatic heterocycles. The smallest absolute Gasteiger partial charge is 0.271 e. The lowest BCUT2D eigenvalue weighted by Gasteiger charge is -2.09. The number of carbonyl (C=O) groups excluding carboxylic acids is 1. The molecule has 3 rings (SSSR count). The van der Waals surface area contributed by atoms with Crippen LogP contribution in [0.4, 0.5) is 0 Å². The first-order valence-corrected chi connectivity index (χ1v) is 7.19. The summed E-state index contributed by atoms with van der Waals surface area (Å²) >= 11 is 1.46. The predicted octanol–water partition coefficient (Wildman–Crippen LogP) is 2.82. The van der Waals surface area contributed by atoms with Gasteiger partial charge in [-0.25, -0.2) is 9.97 Å². The van der Waals surface area contributed by atoms with Gasteiger partial charge in [-0.1, -0.05) is 12.1 Å². The van der Waals surface area contributed by atoms with E-state index in [1.165, 1.54) is 11.3 Å². The zero-order valence-electron chi connectivity index (χ0n) is 11.2. The highest BCUT2D eigenvalue weighted by Gasteiger charge is 2.16. The molecule has 0 spiro atoms. The molecule has 0 aliphatic carbocycles. The summed E-state index contributed by atoms with van der Waals surface area (Å²) in [7, 11) is 0. The standard InChI is InChI=1S/C14H14N4OS/c1-8(15-14(19)12-7-20-9(2)16-12)13-17-10-5-3-4-6-11(10)18-13/h3-8H,1-2H3,(H,15,19)(H,17,18). The molecule has 2 N–H and O–H groups in total.